The molecular formula is C13H15N5O2. The summed E-state index contributed by atoms with van der Waals surface area (Å²) < 4.78 is 5.56. The van der Waals surface area contributed by atoms with Crippen molar-refractivity contribution in [2.45, 2.75) is 0 Å². The molecule has 0 bridgehead atoms. The number of carbonyl (C=O) groups excluding carboxylic acids is 1. The number of anilines is 2. The van der Waals surface area contributed by atoms with Gasteiger partial charge in [-0.05, 0) is 18.2 Å². The predicted molar refractivity (Wildman–Crippen MR) is 75.8 cm³/mol. The Morgan fingerprint density at radius 3 is 2.50 bits per heavy atom. The van der Waals surface area contributed by atoms with Crippen molar-refractivity contribution in [1.29, 1.82) is 0 Å². The fourth-order valence-corrected chi connectivity index (χ4v) is 1.51. The highest BCUT2D eigenvalue weighted by molar-refractivity contribution is 5.90. The van der Waals surface area contributed by atoms with Gasteiger partial charge in [0.15, 0.2) is 11.4 Å². The Labute approximate surface area is 116 Å². The van der Waals surface area contributed by atoms with Crippen molar-refractivity contribution in [2.24, 2.45) is 5.73 Å². The fraction of sp³-hybridized carbons (Fsp3) is 0.154. The second-order valence-electron chi connectivity index (χ2n) is 4.34. The molecular weight excluding hydrogens is 258 g/mol. The largest absolute Gasteiger partial charge is 0.435 e. The summed E-state index contributed by atoms with van der Waals surface area (Å²) in [6.07, 6.45) is 0. The van der Waals surface area contributed by atoms with E-state index in [0.29, 0.717) is 11.4 Å². The summed E-state index contributed by atoms with van der Waals surface area (Å²) in [7, 11) is 3.83. The van der Waals surface area contributed by atoms with Gasteiger partial charge < -0.3 is 21.1 Å². The van der Waals surface area contributed by atoms with Crippen molar-refractivity contribution in [3.63, 3.8) is 0 Å². The van der Waals surface area contributed by atoms with Crippen LogP contribution in [0.1, 0.15) is 10.5 Å². The van der Waals surface area contributed by atoms with E-state index in [4.69, 9.17) is 16.2 Å². The Morgan fingerprint density at radius 2 is 1.95 bits per heavy atom. The van der Waals surface area contributed by atoms with Gasteiger partial charge in [0.05, 0.1) is 5.69 Å². The zero-order valence-corrected chi connectivity index (χ0v) is 11.2. The lowest BCUT2D eigenvalue weighted by atomic mass is 10.2. The molecule has 1 amide bonds. The van der Waals surface area contributed by atoms with Crippen LogP contribution in [-0.4, -0.2) is 30.2 Å². The van der Waals surface area contributed by atoms with E-state index in [-0.39, 0.29) is 11.6 Å². The molecule has 0 saturated heterocycles. The molecule has 7 nitrogen and oxygen atoms in total. The summed E-state index contributed by atoms with van der Waals surface area (Å²) in [5, 5.41) is 7.43. The highest BCUT2D eigenvalue weighted by atomic mass is 16.5. The molecule has 7 heteroatoms. The number of hydrogen-bond donors (Lipinski definition) is 2. The van der Waals surface area contributed by atoms with Crippen molar-refractivity contribution < 1.29 is 9.53 Å². The van der Waals surface area contributed by atoms with Gasteiger partial charge in [-0.3, -0.25) is 4.79 Å². The number of amides is 1. The van der Waals surface area contributed by atoms with Crippen LogP contribution in [0.4, 0.5) is 11.4 Å². The van der Waals surface area contributed by atoms with Gasteiger partial charge in [-0.2, -0.15) is 0 Å². The third-order valence-electron chi connectivity index (χ3n) is 2.62. The molecule has 1 aromatic carbocycles. The molecule has 2 aromatic rings. The maximum absolute atomic E-state index is 10.9. The van der Waals surface area contributed by atoms with Gasteiger partial charge in [0.2, 0.25) is 5.88 Å². The highest BCUT2D eigenvalue weighted by Gasteiger charge is 2.08. The molecule has 0 aliphatic heterocycles. The number of aromatic nitrogens is 2. The molecule has 0 spiro atoms. The summed E-state index contributed by atoms with van der Waals surface area (Å²) in [6.45, 7) is 0. The molecule has 2 rings (SSSR count). The first-order valence-electron chi connectivity index (χ1n) is 5.85. The molecule has 1 aromatic heterocycles. The summed E-state index contributed by atoms with van der Waals surface area (Å²) in [6, 6.07) is 8.37. The molecule has 1 heterocycles. The molecule has 0 unspecified atom stereocenters. The van der Waals surface area contributed by atoms with Crippen LogP contribution in [0.2, 0.25) is 0 Å². The highest BCUT2D eigenvalue weighted by Crippen LogP contribution is 2.30. The minimum atomic E-state index is -0.641. The Morgan fingerprint density at radius 1 is 1.20 bits per heavy atom. The molecule has 104 valence electrons. The number of rotatable bonds is 4. The van der Waals surface area contributed by atoms with Crippen LogP contribution in [0.3, 0.4) is 0 Å². The van der Waals surface area contributed by atoms with Gasteiger partial charge in [0, 0.05) is 31.9 Å². The van der Waals surface area contributed by atoms with Crippen LogP contribution >= 0.6 is 0 Å². The van der Waals surface area contributed by atoms with Gasteiger partial charge >= 0.3 is 0 Å². The molecule has 0 saturated carbocycles. The van der Waals surface area contributed by atoms with Gasteiger partial charge in [-0.1, -0.05) is 0 Å². The lowest BCUT2D eigenvalue weighted by Crippen LogP contribution is -2.13. The SMILES string of the molecule is CN(C)c1ccc(N)c(Oc2ccc(C(N)=O)nn2)c1. The van der Waals surface area contributed by atoms with E-state index in [0.717, 1.165) is 5.69 Å². The van der Waals surface area contributed by atoms with E-state index in [9.17, 15) is 4.79 Å². The average Bonchev–Trinajstić information content (AvgIpc) is 2.41. The van der Waals surface area contributed by atoms with Crippen molar-refractivity contribution in [2.75, 3.05) is 24.7 Å². The quantitative estimate of drug-likeness (QED) is 0.805. The number of primary amides is 1. The van der Waals surface area contributed by atoms with E-state index in [1.54, 1.807) is 12.1 Å². The molecule has 20 heavy (non-hydrogen) atoms. The second kappa shape index (κ2) is 5.43. The number of benzene rings is 1. The first-order chi connectivity index (χ1) is 9.47. The molecule has 0 radical (unpaired) electrons. The second-order valence-corrected chi connectivity index (χ2v) is 4.34. The zero-order valence-electron chi connectivity index (χ0n) is 11.2. The number of nitrogens with two attached hydrogens (primary N) is 2. The average molecular weight is 273 g/mol. The Kier molecular flexibility index (Phi) is 3.69. The number of nitrogen functional groups attached to an aromatic ring is 1. The molecule has 0 aliphatic carbocycles. The van der Waals surface area contributed by atoms with Crippen LogP contribution < -0.4 is 21.1 Å². The number of hydrogen-bond acceptors (Lipinski definition) is 6. The molecule has 0 atom stereocenters. The summed E-state index contributed by atoms with van der Waals surface area (Å²) in [5.74, 6) is 0.0631. The van der Waals surface area contributed by atoms with E-state index in [1.807, 2.05) is 25.1 Å². The van der Waals surface area contributed by atoms with Gasteiger partial charge in [-0.25, -0.2) is 0 Å². The predicted octanol–water partition coefficient (Wildman–Crippen LogP) is 1.02. The fourth-order valence-electron chi connectivity index (χ4n) is 1.51. The van der Waals surface area contributed by atoms with Gasteiger partial charge in [0.25, 0.3) is 5.91 Å². The first kappa shape index (κ1) is 13.6. The lowest BCUT2D eigenvalue weighted by Gasteiger charge is -2.15. The van der Waals surface area contributed by atoms with Gasteiger partial charge in [0.1, 0.15) is 0 Å². The Bertz CT molecular complexity index is 625. The number of nitrogens with zero attached hydrogens (tertiary/aromatic N) is 3. The maximum Gasteiger partial charge on any atom is 0.269 e. The van der Waals surface area contributed by atoms with Gasteiger partial charge in [-0.15, -0.1) is 10.2 Å². The number of ether oxygens (including phenoxy) is 1. The van der Waals surface area contributed by atoms with Crippen molar-refractivity contribution in [3.8, 4) is 11.6 Å². The zero-order chi connectivity index (χ0) is 14.7. The van der Waals surface area contributed by atoms with Crippen LogP contribution in [0.25, 0.3) is 0 Å². The third kappa shape index (κ3) is 2.94. The Hall–Kier alpha value is -2.83. The summed E-state index contributed by atoms with van der Waals surface area (Å²) >= 11 is 0. The molecule has 4 N–H and O–H groups in total. The van der Waals surface area contributed by atoms with Crippen LogP contribution in [0.15, 0.2) is 30.3 Å². The minimum Gasteiger partial charge on any atom is -0.435 e. The van der Waals surface area contributed by atoms with Crippen LogP contribution in [-0.2, 0) is 0 Å². The van der Waals surface area contributed by atoms with E-state index >= 15 is 0 Å². The molecule has 0 aliphatic rings. The first-order valence-corrected chi connectivity index (χ1v) is 5.85. The van der Waals surface area contributed by atoms with Crippen LogP contribution in [0.5, 0.6) is 11.6 Å². The maximum atomic E-state index is 10.9. The monoisotopic (exact) mass is 273 g/mol. The third-order valence-corrected chi connectivity index (χ3v) is 2.62. The Balaban J connectivity index is 2.25. The smallest absolute Gasteiger partial charge is 0.269 e. The summed E-state index contributed by atoms with van der Waals surface area (Å²) in [5.41, 5.74) is 12.4. The lowest BCUT2D eigenvalue weighted by molar-refractivity contribution is 0.0994. The summed E-state index contributed by atoms with van der Waals surface area (Å²) in [4.78, 5) is 12.8. The topological polar surface area (TPSA) is 107 Å². The minimum absolute atomic E-state index is 0.0763. The van der Waals surface area contributed by atoms with E-state index in [2.05, 4.69) is 10.2 Å². The van der Waals surface area contributed by atoms with Crippen LogP contribution in [0, 0.1) is 0 Å². The van der Waals surface area contributed by atoms with Crippen molar-refractivity contribution >= 4 is 17.3 Å². The van der Waals surface area contributed by atoms with E-state index < -0.39 is 5.91 Å². The van der Waals surface area contributed by atoms with E-state index in [1.165, 1.54) is 12.1 Å². The number of carbonyl (C=O) groups is 1. The van der Waals surface area contributed by atoms with Crippen molar-refractivity contribution in [3.05, 3.63) is 36.0 Å². The normalized spacial score (nSPS) is 10.1. The molecule has 0 fully saturated rings. The van der Waals surface area contributed by atoms with Crippen molar-refractivity contribution in [1.82, 2.24) is 10.2 Å². The standard InChI is InChI=1S/C13H15N5O2/c1-18(2)8-3-4-9(14)11(7-8)20-12-6-5-10(13(15)19)16-17-12/h3-7H,14H2,1-2H3,(H2,15,19).